The van der Waals surface area contributed by atoms with Crippen LogP contribution < -0.4 is 10.1 Å². The molecule has 6 heteroatoms. The fraction of sp³-hybridized carbons (Fsp3) is 0.429. The Bertz CT molecular complexity index is 504. The van der Waals surface area contributed by atoms with E-state index in [1.54, 1.807) is 32.0 Å². The molecule has 2 atom stereocenters. The van der Waals surface area contributed by atoms with Gasteiger partial charge in [0.1, 0.15) is 5.75 Å². The summed E-state index contributed by atoms with van der Waals surface area (Å²) in [6.45, 7) is 4.79. The molecule has 0 aromatic heterocycles. The molecule has 1 aromatic carbocycles. The number of hydrogen-bond acceptors (Lipinski definition) is 3. The molecule has 5 nitrogen and oxygen atoms in total. The van der Waals surface area contributed by atoms with Crippen molar-refractivity contribution in [3.63, 3.8) is 0 Å². The van der Waals surface area contributed by atoms with Crippen LogP contribution in [-0.4, -0.2) is 29.6 Å². The minimum Gasteiger partial charge on any atom is -0.483 e. The maximum atomic E-state index is 11.7. The number of carboxylic acid groups (broad SMARTS) is 1. The minimum absolute atomic E-state index is 0.183. The standard InChI is InChI=1S/C14H18ClNO4/c1-8(14(18)19)10(3)16-13(17)7-20-12-6-4-5-11(15)9(12)2/h4-6,8,10H,7H2,1-3H3,(H,16,17)(H,18,19). The number of rotatable bonds is 6. The van der Waals surface area contributed by atoms with Gasteiger partial charge in [-0.1, -0.05) is 17.7 Å². The molecule has 1 rings (SSSR count). The number of benzene rings is 1. The number of aliphatic carboxylic acids is 1. The van der Waals surface area contributed by atoms with Crippen LogP contribution in [0.1, 0.15) is 19.4 Å². The molecule has 0 aliphatic rings. The van der Waals surface area contributed by atoms with Gasteiger partial charge in [-0.2, -0.15) is 0 Å². The fourth-order valence-electron chi connectivity index (χ4n) is 1.52. The predicted octanol–water partition coefficient (Wildman–Crippen LogP) is 2.25. The molecule has 1 aromatic rings. The molecular weight excluding hydrogens is 282 g/mol. The molecule has 0 radical (unpaired) electrons. The van der Waals surface area contributed by atoms with E-state index in [1.165, 1.54) is 6.92 Å². The van der Waals surface area contributed by atoms with Gasteiger partial charge in [-0.15, -0.1) is 0 Å². The fourth-order valence-corrected chi connectivity index (χ4v) is 1.69. The van der Waals surface area contributed by atoms with E-state index in [2.05, 4.69) is 5.32 Å². The number of ether oxygens (including phenoxy) is 1. The van der Waals surface area contributed by atoms with Crippen LogP contribution in [0.25, 0.3) is 0 Å². The van der Waals surface area contributed by atoms with E-state index in [1.807, 2.05) is 0 Å². The lowest BCUT2D eigenvalue weighted by Crippen LogP contribution is -2.42. The van der Waals surface area contributed by atoms with E-state index >= 15 is 0 Å². The maximum absolute atomic E-state index is 11.7. The molecule has 2 N–H and O–H groups in total. The Morgan fingerprint density at radius 2 is 2.05 bits per heavy atom. The molecule has 1 amide bonds. The molecule has 0 bridgehead atoms. The second-order valence-electron chi connectivity index (χ2n) is 4.63. The highest BCUT2D eigenvalue weighted by Gasteiger charge is 2.21. The van der Waals surface area contributed by atoms with Gasteiger partial charge in [-0.3, -0.25) is 9.59 Å². The Morgan fingerprint density at radius 3 is 2.65 bits per heavy atom. The number of carbonyl (C=O) groups is 2. The first-order chi connectivity index (χ1) is 9.32. The second kappa shape index (κ2) is 7.14. The molecule has 0 fully saturated rings. The zero-order chi connectivity index (χ0) is 15.3. The lowest BCUT2D eigenvalue weighted by molar-refractivity contribution is -0.142. The van der Waals surface area contributed by atoms with Crippen LogP contribution in [-0.2, 0) is 9.59 Å². The topological polar surface area (TPSA) is 75.6 Å². The van der Waals surface area contributed by atoms with Crippen molar-refractivity contribution in [2.45, 2.75) is 26.8 Å². The van der Waals surface area contributed by atoms with Gasteiger partial charge in [-0.05, 0) is 32.9 Å². The maximum Gasteiger partial charge on any atom is 0.308 e. The SMILES string of the molecule is Cc1c(Cl)cccc1OCC(=O)NC(C)C(C)C(=O)O. The van der Waals surface area contributed by atoms with Gasteiger partial charge in [0.25, 0.3) is 5.91 Å². The highest BCUT2D eigenvalue weighted by atomic mass is 35.5. The van der Waals surface area contributed by atoms with Gasteiger partial charge in [-0.25, -0.2) is 0 Å². The number of hydrogen-bond donors (Lipinski definition) is 2. The first-order valence-corrected chi connectivity index (χ1v) is 6.60. The third-order valence-corrected chi connectivity index (χ3v) is 3.51. The Labute approximate surface area is 122 Å². The molecular formula is C14H18ClNO4. The van der Waals surface area contributed by atoms with Crippen molar-refractivity contribution in [3.8, 4) is 5.75 Å². The molecule has 0 heterocycles. The first kappa shape index (κ1) is 16.3. The monoisotopic (exact) mass is 299 g/mol. The van der Waals surface area contributed by atoms with Crippen LogP contribution in [0.15, 0.2) is 18.2 Å². The van der Waals surface area contributed by atoms with Crippen LogP contribution in [0, 0.1) is 12.8 Å². The number of halogens is 1. The Kier molecular flexibility index (Phi) is 5.82. The molecule has 0 saturated heterocycles. The van der Waals surface area contributed by atoms with Crippen LogP contribution in [0.4, 0.5) is 0 Å². The van der Waals surface area contributed by atoms with Gasteiger partial charge in [0.2, 0.25) is 0 Å². The smallest absolute Gasteiger partial charge is 0.308 e. The second-order valence-corrected chi connectivity index (χ2v) is 5.04. The summed E-state index contributed by atoms with van der Waals surface area (Å²) in [6, 6.07) is 4.72. The van der Waals surface area contributed by atoms with Gasteiger partial charge in [0.15, 0.2) is 6.61 Å². The van der Waals surface area contributed by atoms with Crippen LogP contribution in [0.5, 0.6) is 5.75 Å². The Balaban J connectivity index is 2.52. The molecule has 0 aliphatic heterocycles. The van der Waals surface area contributed by atoms with Crippen LogP contribution >= 0.6 is 11.6 Å². The van der Waals surface area contributed by atoms with Crippen molar-refractivity contribution in [1.29, 1.82) is 0 Å². The average Bonchev–Trinajstić information content (AvgIpc) is 2.39. The number of carboxylic acids is 1. The van der Waals surface area contributed by atoms with Crippen LogP contribution in [0.2, 0.25) is 5.02 Å². The van der Waals surface area contributed by atoms with E-state index < -0.39 is 17.9 Å². The van der Waals surface area contributed by atoms with Crippen molar-refractivity contribution in [1.82, 2.24) is 5.32 Å². The van der Waals surface area contributed by atoms with E-state index in [0.29, 0.717) is 10.8 Å². The number of amides is 1. The van der Waals surface area contributed by atoms with E-state index in [9.17, 15) is 9.59 Å². The quantitative estimate of drug-likeness (QED) is 0.845. The predicted molar refractivity (Wildman–Crippen MR) is 76.1 cm³/mol. The van der Waals surface area contributed by atoms with Gasteiger partial charge >= 0.3 is 5.97 Å². The Hall–Kier alpha value is -1.75. The van der Waals surface area contributed by atoms with E-state index in [4.69, 9.17) is 21.4 Å². The number of nitrogens with one attached hydrogen (secondary N) is 1. The summed E-state index contributed by atoms with van der Waals surface area (Å²) in [6.07, 6.45) is 0. The number of carbonyl (C=O) groups excluding carboxylic acids is 1. The van der Waals surface area contributed by atoms with Crippen molar-refractivity contribution in [2.24, 2.45) is 5.92 Å². The highest BCUT2D eigenvalue weighted by molar-refractivity contribution is 6.31. The molecule has 0 spiro atoms. The van der Waals surface area contributed by atoms with E-state index in [0.717, 1.165) is 5.56 Å². The van der Waals surface area contributed by atoms with Gasteiger partial charge in [0.05, 0.1) is 5.92 Å². The van der Waals surface area contributed by atoms with Crippen molar-refractivity contribution >= 4 is 23.5 Å². The third-order valence-electron chi connectivity index (χ3n) is 3.10. The summed E-state index contributed by atoms with van der Waals surface area (Å²) >= 11 is 5.94. The molecule has 2 unspecified atom stereocenters. The molecule has 0 saturated carbocycles. The summed E-state index contributed by atoms with van der Waals surface area (Å²) in [5.41, 5.74) is 0.758. The highest BCUT2D eigenvalue weighted by Crippen LogP contribution is 2.24. The zero-order valence-electron chi connectivity index (χ0n) is 11.6. The lowest BCUT2D eigenvalue weighted by Gasteiger charge is -2.18. The van der Waals surface area contributed by atoms with Crippen molar-refractivity contribution in [3.05, 3.63) is 28.8 Å². The summed E-state index contributed by atoms with van der Waals surface area (Å²) in [5, 5.41) is 12.0. The van der Waals surface area contributed by atoms with E-state index in [-0.39, 0.29) is 12.5 Å². The largest absolute Gasteiger partial charge is 0.483 e. The van der Waals surface area contributed by atoms with Crippen molar-refractivity contribution < 1.29 is 19.4 Å². The Morgan fingerprint density at radius 1 is 1.40 bits per heavy atom. The molecule has 20 heavy (non-hydrogen) atoms. The zero-order valence-corrected chi connectivity index (χ0v) is 12.4. The summed E-state index contributed by atoms with van der Waals surface area (Å²) < 4.78 is 5.38. The van der Waals surface area contributed by atoms with Gasteiger partial charge in [0, 0.05) is 16.6 Å². The normalized spacial score (nSPS) is 13.4. The minimum atomic E-state index is -0.954. The van der Waals surface area contributed by atoms with Gasteiger partial charge < -0.3 is 15.2 Å². The third kappa shape index (κ3) is 4.42. The summed E-state index contributed by atoms with van der Waals surface area (Å²) in [5.74, 6) is -1.45. The summed E-state index contributed by atoms with van der Waals surface area (Å²) in [4.78, 5) is 22.5. The average molecular weight is 300 g/mol. The van der Waals surface area contributed by atoms with Crippen molar-refractivity contribution in [2.75, 3.05) is 6.61 Å². The van der Waals surface area contributed by atoms with Crippen LogP contribution in [0.3, 0.4) is 0 Å². The molecule has 110 valence electrons. The first-order valence-electron chi connectivity index (χ1n) is 6.23. The lowest BCUT2D eigenvalue weighted by atomic mass is 10.0. The summed E-state index contributed by atoms with van der Waals surface area (Å²) in [7, 11) is 0. The molecule has 0 aliphatic carbocycles.